The van der Waals surface area contributed by atoms with Gasteiger partial charge in [0.25, 0.3) is 0 Å². The zero-order valence-electron chi connectivity index (χ0n) is 9.38. The molecule has 0 N–H and O–H groups in total. The van der Waals surface area contributed by atoms with Crippen molar-refractivity contribution in [2.45, 2.75) is 39.5 Å². The fourth-order valence-corrected chi connectivity index (χ4v) is 1.76. The Hall–Kier alpha value is 0.200. The van der Waals surface area contributed by atoms with Crippen molar-refractivity contribution >= 4 is 28.6 Å². The van der Waals surface area contributed by atoms with Crippen LogP contribution in [0, 0.1) is 11.8 Å². The molecule has 0 bridgehead atoms. The maximum Gasteiger partial charge on any atom is 0.308 e. The molecule has 0 heterocycles. The summed E-state index contributed by atoms with van der Waals surface area (Å²) in [6.45, 7) is 4.63. The van der Waals surface area contributed by atoms with Gasteiger partial charge in [0.1, 0.15) is 0 Å². The van der Waals surface area contributed by atoms with E-state index in [1.165, 1.54) is 12.8 Å². The van der Waals surface area contributed by atoms with Crippen LogP contribution in [0.1, 0.15) is 39.5 Å². The largest absolute Gasteiger partial charge is 0.466 e. The summed E-state index contributed by atoms with van der Waals surface area (Å²) in [5.41, 5.74) is 0. The van der Waals surface area contributed by atoms with Gasteiger partial charge < -0.3 is 4.74 Å². The van der Waals surface area contributed by atoms with Crippen LogP contribution in [0.2, 0.25) is 0 Å². The van der Waals surface area contributed by atoms with Crippen molar-refractivity contribution in [3.63, 3.8) is 0 Å². The summed E-state index contributed by atoms with van der Waals surface area (Å²) in [6, 6.07) is 0. The monoisotopic (exact) mass is 312 g/mol. The van der Waals surface area contributed by atoms with Crippen molar-refractivity contribution in [2.75, 3.05) is 11.5 Å². The Bertz CT molecular complexity index is 151. The van der Waals surface area contributed by atoms with E-state index in [1.54, 1.807) is 0 Å². The van der Waals surface area contributed by atoms with Gasteiger partial charge in [-0.15, -0.1) is 0 Å². The van der Waals surface area contributed by atoms with E-state index in [1.807, 2.05) is 11.9 Å². The Balaban J connectivity index is 0.000000791. The average Bonchev–Trinajstić information content (AvgIpc) is 2.22. The molecule has 0 unspecified atom stereocenters. The number of carbonyl (C=O) groups excluding carboxylic acids is 1. The molecular weight excluding hydrogens is 291 g/mol. The van der Waals surface area contributed by atoms with Gasteiger partial charge in [-0.1, -0.05) is 29.5 Å². The van der Waals surface area contributed by atoms with E-state index >= 15 is 0 Å². The highest BCUT2D eigenvalue weighted by Gasteiger charge is 2.24. The van der Waals surface area contributed by atoms with E-state index in [0.29, 0.717) is 6.61 Å². The Labute approximate surface area is 101 Å². The third kappa shape index (κ3) is 5.17. The van der Waals surface area contributed by atoms with Crippen molar-refractivity contribution in [1.29, 1.82) is 0 Å². The fraction of sp³-hybridized carbons (Fsp3) is 0.909. The molecule has 0 aromatic rings. The minimum Gasteiger partial charge on any atom is -0.466 e. The molecule has 3 heteroatoms. The van der Waals surface area contributed by atoms with Crippen LogP contribution in [-0.2, 0) is 9.53 Å². The molecule has 1 saturated carbocycles. The summed E-state index contributed by atoms with van der Waals surface area (Å²) in [5, 5.41) is 0. The van der Waals surface area contributed by atoms with Crippen molar-refractivity contribution in [3.8, 4) is 0 Å². The molecule has 0 aliphatic heterocycles. The third-order valence-corrected chi connectivity index (χ3v) is 2.64. The summed E-state index contributed by atoms with van der Waals surface area (Å²) >= 11 is 2.15. The fourth-order valence-electron chi connectivity index (χ4n) is 1.76. The van der Waals surface area contributed by atoms with E-state index < -0.39 is 0 Å². The Morgan fingerprint density at radius 2 is 1.79 bits per heavy atom. The molecular formula is C11H21IO2. The molecule has 1 rings (SSSR count). The number of carbonyl (C=O) groups is 1. The van der Waals surface area contributed by atoms with Gasteiger partial charge in [-0.3, -0.25) is 4.79 Å². The first-order valence-corrected chi connectivity index (χ1v) is 7.44. The zero-order chi connectivity index (χ0) is 11.0. The second kappa shape index (κ2) is 8.50. The second-order valence-corrected chi connectivity index (χ2v) is 3.71. The van der Waals surface area contributed by atoms with E-state index in [2.05, 4.69) is 29.5 Å². The SMILES string of the molecule is CCOC(=O)C1CCC(C)CC1.CI. The van der Waals surface area contributed by atoms with Crippen LogP contribution in [0.4, 0.5) is 0 Å². The van der Waals surface area contributed by atoms with Crippen molar-refractivity contribution in [1.82, 2.24) is 0 Å². The van der Waals surface area contributed by atoms with Gasteiger partial charge in [0.05, 0.1) is 12.5 Å². The van der Waals surface area contributed by atoms with Gasteiger partial charge in [0.15, 0.2) is 0 Å². The quantitative estimate of drug-likeness (QED) is 0.444. The maximum atomic E-state index is 11.3. The maximum absolute atomic E-state index is 11.3. The van der Waals surface area contributed by atoms with E-state index in [4.69, 9.17) is 4.74 Å². The van der Waals surface area contributed by atoms with Gasteiger partial charge >= 0.3 is 5.97 Å². The first kappa shape index (κ1) is 14.2. The third-order valence-electron chi connectivity index (χ3n) is 2.64. The van der Waals surface area contributed by atoms with Gasteiger partial charge in [-0.25, -0.2) is 0 Å². The predicted octanol–water partition coefficient (Wildman–Crippen LogP) is 3.43. The molecule has 0 aromatic carbocycles. The second-order valence-electron chi connectivity index (χ2n) is 3.71. The molecule has 84 valence electrons. The topological polar surface area (TPSA) is 26.3 Å². The molecule has 1 aliphatic rings. The highest BCUT2D eigenvalue weighted by atomic mass is 127. The molecule has 0 saturated heterocycles. The van der Waals surface area contributed by atoms with Crippen LogP contribution >= 0.6 is 22.6 Å². The number of alkyl halides is 1. The Morgan fingerprint density at radius 3 is 2.21 bits per heavy atom. The average molecular weight is 312 g/mol. The van der Waals surface area contributed by atoms with Crippen molar-refractivity contribution in [2.24, 2.45) is 11.8 Å². The summed E-state index contributed by atoms with van der Waals surface area (Å²) in [6.07, 6.45) is 4.42. The highest BCUT2D eigenvalue weighted by molar-refractivity contribution is 14.1. The number of hydrogen-bond donors (Lipinski definition) is 0. The van der Waals surface area contributed by atoms with E-state index in [-0.39, 0.29) is 11.9 Å². The Morgan fingerprint density at radius 1 is 1.29 bits per heavy atom. The van der Waals surface area contributed by atoms with Crippen LogP contribution in [0.15, 0.2) is 0 Å². The van der Waals surface area contributed by atoms with E-state index in [9.17, 15) is 4.79 Å². The lowest BCUT2D eigenvalue weighted by atomic mass is 9.83. The molecule has 1 aliphatic carbocycles. The van der Waals surface area contributed by atoms with Crippen LogP contribution in [0.3, 0.4) is 0 Å². The van der Waals surface area contributed by atoms with Gasteiger partial charge in [-0.05, 0) is 43.5 Å². The van der Waals surface area contributed by atoms with Crippen LogP contribution in [0.25, 0.3) is 0 Å². The minimum atomic E-state index is 0.0180. The van der Waals surface area contributed by atoms with Crippen LogP contribution in [0.5, 0.6) is 0 Å². The molecule has 0 amide bonds. The van der Waals surface area contributed by atoms with Gasteiger partial charge in [0.2, 0.25) is 0 Å². The smallest absolute Gasteiger partial charge is 0.308 e. The summed E-state index contributed by atoms with van der Waals surface area (Å²) < 4.78 is 4.98. The number of ether oxygens (including phenoxy) is 1. The van der Waals surface area contributed by atoms with Crippen molar-refractivity contribution in [3.05, 3.63) is 0 Å². The van der Waals surface area contributed by atoms with Crippen LogP contribution < -0.4 is 0 Å². The van der Waals surface area contributed by atoms with Crippen molar-refractivity contribution < 1.29 is 9.53 Å². The lowest BCUT2D eigenvalue weighted by molar-refractivity contribution is -0.149. The molecule has 0 radical (unpaired) electrons. The Kier molecular flexibility index (Phi) is 8.63. The number of halogens is 1. The van der Waals surface area contributed by atoms with E-state index in [0.717, 1.165) is 18.8 Å². The first-order chi connectivity index (χ1) is 6.74. The lowest BCUT2D eigenvalue weighted by Gasteiger charge is -2.24. The molecule has 14 heavy (non-hydrogen) atoms. The molecule has 0 spiro atoms. The number of esters is 1. The molecule has 1 fully saturated rings. The summed E-state index contributed by atoms with van der Waals surface area (Å²) in [5.74, 6) is 1.02. The first-order valence-electron chi connectivity index (χ1n) is 5.28. The molecule has 2 nitrogen and oxygen atoms in total. The van der Waals surface area contributed by atoms with Gasteiger partial charge in [-0.2, -0.15) is 0 Å². The van der Waals surface area contributed by atoms with Gasteiger partial charge in [0, 0.05) is 0 Å². The standard InChI is InChI=1S/C10H18O2.CH3I/c1-3-12-10(11)9-6-4-8(2)5-7-9;1-2/h8-9H,3-7H2,1-2H3;1H3. The zero-order valence-corrected chi connectivity index (χ0v) is 11.5. The predicted molar refractivity (Wildman–Crippen MR) is 67.7 cm³/mol. The van der Waals surface area contributed by atoms with Crippen LogP contribution in [-0.4, -0.2) is 17.5 Å². The highest BCUT2D eigenvalue weighted by Crippen LogP contribution is 2.28. The minimum absolute atomic E-state index is 0.0180. The lowest BCUT2D eigenvalue weighted by Crippen LogP contribution is -2.22. The molecule has 0 aromatic heterocycles. The summed E-state index contributed by atoms with van der Waals surface area (Å²) in [7, 11) is 0. The number of rotatable bonds is 2. The number of hydrogen-bond acceptors (Lipinski definition) is 2. The summed E-state index contributed by atoms with van der Waals surface area (Å²) in [4.78, 5) is 13.3. The normalized spacial score (nSPS) is 26.0. The molecule has 0 atom stereocenters.